The fraction of sp³-hybridized carbons (Fsp3) is 0.609. The molecule has 1 aliphatic rings. The van der Waals surface area contributed by atoms with Gasteiger partial charge in [-0.1, -0.05) is 12.1 Å². The summed E-state index contributed by atoms with van der Waals surface area (Å²) in [6, 6.07) is 8.95. The number of anilines is 2. The van der Waals surface area contributed by atoms with E-state index in [4.69, 9.17) is 14.7 Å². The number of para-hydroxylation sites is 1. The van der Waals surface area contributed by atoms with Gasteiger partial charge in [-0.25, -0.2) is 9.78 Å². The zero-order chi connectivity index (χ0) is 22.4. The average Bonchev–Trinajstić information content (AvgIpc) is 2.70. The molecule has 1 saturated carbocycles. The molecule has 0 radical (unpaired) electrons. The Morgan fingerprint density at radius 3 is 2.42 bits per heavy atom. The summed E-state index contributed by atoms with van der Waals surface area (Å²) in [5, 5.41) is 10.9. The highest BCUT2D eigenvalue weighted by atomic mass is 16.6. The van der Waals surface area contributed by atoms with E-state index >= 15 is 0 Å². The molecule has 170 valence electrons. The third kappa shape index (κ3) is 6.95. The van der Waals surface area contributed by atoms with Crippen molar-refractivity contribution < 1.29 is 9.53 Å². The number of carbonyl (C=O) groups is 1. The molecule has 0 bridgehead atoms. The van der Waals surface area contributed by atoms with Gasteiger partial charge in [-0.05, 0) is 58.6 Å². The molecule has 8 heteroatoms. The van der Waals surface area contributed by atoms with Crippen molar-refractivity contribution in [3.05, 3.63) is 24.3 Å². The number of ether oxygens (including phenoxy) is 1. The molecular weight excluding hydrogens is 392 g/mol. The Morgan fingerprint density at radius 2 is 1.74 bits per heavy atom. The highest BCUT2D eigenvalue weighted by molar-refractivity contribution is 5.90. The minimum Gasteiger partial charge on any atom is -0.444 e. The van der Waals surface area contributed by atoms with Gasteiger partial charge < -0.3 is 25.6 Å². The van der Waals surface area contributed by atoms with E-state index in [9.17, 15) is 4.79 Å². The summed E-state index contributed by atoms with van der Waals surface area (Å²) in [5.74, 6) is 1.63. The largest absolute Gasteiger partial charge is 0.444 e. The molecule has 1 aromatic heterocycles. The number of hydrogen-bond donors (Lipinski definition) is 3. The maximum Gasteiger partial charge on any atom is 0.407 e. The second-order valence-corrected chi connectivity index (χ2v) is 9.36. The summed E-state index contributed by atoms with van der Waals surface area (Å²) in [7, 11) is 4.01. The molecule has 0 atom stereocenters. The zero-order valence-electron chi connectivity index (χ0n) is 19.4. The fourth-order valence-corrected chi connectivity index (χ4v) is 3.84. The standard InChI is InChI=1S/C23H36N6O2/c1-23(2,3)31-22(30)25-15-14-24-16-10-12-17(13-11-16)26-21-27-19-9-7-6-8-18(19)20(28-21)29(4)5/h6-9,16-17,24H,10-15H2,1-5H3,(H,25,30)(H,26,27,28)/t16-,17+. The summed E-state index contributed by atoms with van der Waals surface area (Å²) < 4.78 is 5.25. The second kappa shape index (κ2) is 10.1. The lowest BCUT2D eigenvalue weighted by molar-refractivity contribution is 0.0527. The van der Waals surface area contributed by atoms with Crippen LogP contribution in [0.2, 0.25) is 0 Å². The predicted octanol–water partition coefficient (Wildman–Crippen LogP) is 3.53. The Balaban J connectivity index is 1.44. The van der Waals surface area contributed by atoms with E-state index in [1.807, 2.05) is 58.0 Å². The van der Waals surface area contributed by atoms with Crippen molar-refractivity contribution in [3.8, 4) is 0 Å². The Morgan fingerprint density at radius 1 is 1.06 bits per heavy atom. The summed E-state index contributed by atoms with van der Waals surface area (Å²) in [6.45, 7) is 6.89. The van der Waals surface area contributed by atoms with Crippen LogP contribution < -0.4 is 20.9 Å². The van der Waals surface area contributed by atoms with Crippen molar-refractivity contribution in [1.82, 2.24) is 20.6 Å². The summed E-state index contributed by atoms with van der Waals surface area (Å²) in [4.78, 5) is 23.2. The maximum absolute atomic E-state index is 11.7. The number of nitrogens with zero attached hydrogens (tertiary/aromatic N) is 3. The predicted molar refractivity (Wildman–Crippen MR) is 126 cm³/mol. The number of rotatable bonds is 7. The molecule has 3 rings (SSSR count). The van der Waals surface area contributed by atoms with E-state index in [0.29, 0.717) is 24.6 Å². The van der Waals surface area contributed by atoms with Crippen LogP contribution in [-0.2, 0) is 4.74 Å². The highest BCUT2D eigenvalue weighted by Crippen LogP contribution is 2.26. The molecule has 8 nitrogen and oxygen atoms in total. The first-order chi connectivity index (χ1) is 14.7. The number of amides is 1. The molecule has 0 saturated heterocycles. The van der Waals surface area contributed by atoms with Gasteiger partial charge in [0.15, 0.2) is 0 Å². The van der Waals surface area contributed by atoms with Crippen LogP contribution in [0, 0.1) is 0 Å². The molecule has 3 N–H and O–H groups in total. The molecule has 1 amide bonds. The first-order valence-corrected chi connectivity index (χ1v) is 11.1. The Bertz CT molecular complexity index is 872. The Labute approximate surface area is 185 Å². The van der Waals surface area contributed by atoms with Gasteiger partial charge in [0.25, 0.3) is 0 Å². The average molecular weight is 429 g/mol. The molecule has 0 unspecified atom stereocenters. The summed E-state index contributed by atoms with van der Waals surface area (Å²) in [6.07, 6.45) is 3.92. The van der Waals surface area contributed by atoms with Gasteiger partial charge >= 0.3 is 6.09 Å². The Kier molecular flexibility index (Phi) is 7.54. The Hall–Kier alpha value is -2.61. The van der Waals surface area contributed by atoms with Crippen LogP contribution in [0.25, 0.3) is 10.9 Å². The van der Waals surface area contributed by atoms with Crippen LogP contribution in [-0.4, -0.2) is 60.9 Å². The number of carbonyl (C=O) groups excluding carboxylic acids is 1. The lowest BCUT2D eigenvalue weighted by Gasteiger charge is -2.30. The highest BCUT2D eigenvalue weighted by Gasteiger charge is 2.22. The van der Waals surface area contributed by atoms with E-state index in [0.717, 1.165) is 48.9 Å². The molecule has 0 aliphatic heterocycles. The summed E-state index contributed by atoms with van der Waals surface area (Å²) in [5.41, 5.74) is 0.488. The van der Waals surface area contributed by atoms with Crippen molar-refractivity contribution in [3.63, 3.8) is 0 Å². The first-order valence-electron chi connectivity index (χ1n) is 11.1. The van der Waals surface area contributed by atoms with Gasteiger partial charge in [0.05, 0.1) is 5.52 Å². The van der Waals surface area contributed by atoms with Crippen LogP contribution in [0.1, 0.15) is 46.5 Å². The van der Waals surface area contributed by atoms with Crippen LogP contribution in [0.5, 0.6) is 0 Å². The van der Waals surface area contributed by atoms with Gasteiger partial charge in [-0.3, -0.25) is 0 Å². The topological polar surface area (TPSA) is 91.4 Å². The lowest BCUT2D eigenvalue weighted by Crippen LogP contribution is -2.41. The van der Waals surface area contributed by atoms with Crippen molar-refractivity contribution in [1.29, 1.82) is 0 Å². The number of alkyl carbamates (subject to hydrolysis) is 1. The number of nitrogens with one attached hydrogen (secondary N) is 3. The maximum atomic E-state index is 11.7. The van der Waals surface area contributed by atoms with E-state index in [-0.39, 0.29) is 6.09 Å². The van der Waals surface area contributed by atoms with Crippen LogP contribution in [0.15, 0.2) is 24.3 Å². The second-order valence-electron chi connectivity index (χ2n) is 9.36. The third-order valence-corrected chi connectivity index (χ3v) is 5.29. The molecule has 2 aromatic rings. The van der Waals surface area contributed by atoms with Crippen LogP contribution in [0.4, 0.5) is 16.6 Å². The quantitative estimate of drug-likeness (QED) is 0.581. The van der Waals surface area contributed by atoms with Crippen LogP contribution in [0.3, 0.4) is 0 Å². The van der Waals surface area contributed by atoms with Crippen molar-refractivity contribution in [2.45, 2.75) is 64.1 Å². The van der Waals surface area contributed by atoms with Crippen LogP contribution >= 0.6 is 0 Å². The van der Waals surface area contributed by atoms with Gasteiger partial charge in [0.1, 0.15) is 11.4 Å². The number of benzene rings is 1. The van der Waals surface area contributed by atoms with Gasteiger partial charge in [-0.2, -0.15) is 4.98 Å². The van der Waals surface area contributed by atoms with Gasteiger partial charge in [0.2, 0.25) is 5.95 Å². The molecule has 0 spiro atoms. The third-order valence-electron chi connectivity index (χ3n) is 5.29. The molecular formula is C23H36N6O2. The smallest absolute Gasteiger partial charge is 0.407 e. The number of aromatic nitrogens is 2. The van der Waals surface area contributed by atoms with Gasteiger partial charge in [-0.15, -0.1) is 0 Å². The molecule has 1 aliphatic carbocycles. The number of fused-ring (bicyclic) bond motifs is 1. The van der Waals surface area contributed by atoms with Crippen molar-refractivity contribution >= 4 is 28.8 Å². The number of hydrogen-bond acceptors (Lipinski definition) is 7. The van der Waals surface area contributed by atoms with E-state index < -0.39 is 5.60 Å². The molecule has 1 heterocycles. The van der Waals surface area contributed by atoms with E-state index in [1.165, 1.54) is 0 Å². The minimum absolute atomic E-state index is 0.366. The normalized spacial score (nSPS) is 19.1. The monoisotopic (exact) mass is 428 g/mol. The van der Waals surface area contributed by atoms with Gasteiger partial charge in [0, 0.05) is 44.7 Å². The first kappa shape index (κ1) is 23.1. The SMILES string of the molecule is CN(C)c1nc(N[C@H]2CC[C@@H](NCCNC(=O)OC(C)(C)C)CC2)nc2ccccc12. The summed E-state index contributed by atoms with van der Waals surface area (Å²) >= 11 is 0. The minimum atomic E-state index is -0.467. The lowest BCUT2D eigenvalue weighted by atomic mass is 9.91. The van der Waals surface area contributed by atoms with Crippen molar-refractivity contribution in [2.75, 3.05) is 37.4 Å². The van der Waals surface area contributed by atoms with E-state index in [2.05, 4.69) is 22.0 Å². The molecule has 1 aromatic carbocycles. The van der Waals surface area contributed by atoms with E-state index in [1.54, 1.807) is 0 Å². The molecule has 31 heavy (non-hydrogen) atoms. The fourth-order valence-electron chi connectivity index (χ4n) is 3.84. The van der Waals surface area contributed by atoms with Crippen molar-refractivity contribution in [2.24, 2.45) is 0 Å². The molecule has 1 fully saturated rings. The zero-order valence-corrected chi connectivity index (χ0v) is 19.4.